The molecule has 0 aliphatic rings. The Hall–Kier alpha value is 1.26. The van der Waals surface area contributed by atoms with Crippen LogP contribution in [0.4, 0.5) is 0 Å². The van der Waals surface area contributed by atoms with Gasteiger partial charge in [-0.05, 0) is 0 Å². The topological polar surface area (TPSA) is 66.2 Å². The Kier molecular flexibility index (Phi) is 24.9. The third-order valence-corrected chi connectivity index (χ3v) is 0. The molecule has 4 nitrogen and oxygen atoms in total. The second-order valence-electron chi connectivity index (χ2n) is 0.224. The molecule has 0 spiro atoms. The minimum absolute atomic E-state index is 0. The second kappa shape index (κ2) is 9.55. The molecule has 0 saturated heterocycles. The Morgan fingerprint density at radius 2 is 1.33 bits per heavy atom. The molecule has 0 unspecified atom stereocenters. The van der Waals surface area contributed by atoms with E-state index in [9.17, 15) is 0 Å². The maximum absolute atomic E-state index is 8.25. The van der Waals surface area contributed by atoms with Crippen LogP contribution in [0, 0.1) is 55.3 Å². The molecule has 0 aromatic carbocycles. The number of nitrogens with zero attached hydrogens (tertiary/aromatic N) is 1. The Morgan fingerprint density at radius 3 is 1.33 bits per heavy atom. The van der Waals surface area contributed by atoms with E-state index in [1.165, 1.54) is 0 Å². The van der Waals surface area contributed by atoms with Crippen LogP contribution in [0.25, 0.3) is 0 Å². The average molecular weight is 327 g/mol. The van der Waals surface area contributed by atoms with E-state index >= 15 is 0 Å². The average Bonchev–Trinajstić information content (AvgIpc) is 0.811. The molecule has 0 aliphatic heterocycles. The molecule has 42 valence electrons. The van der Waals surface area contributed by atoms with Crippen molar-refractivity contribution in [1.29, 1.82) is 0 Å². The Morgan fingerprint density at radius 1 is 1.33 bits per heavy atom. The van der Waals surface area contributed by atoms with Gasteiger partial charge in [-0.1, -0.05) is 0 Å². The first kappa shape index (κ1) is 15.7. The van der Waals surface area contributed by atoms with Crippen LogP contribution in [0.1, 0.15) is 0 Å². The molecule has 0 aliphatic carbocycles. The molecule has 0 rings (SSSR count). The predicted molar refractivity (Wildman–Crippen MR) is 10.4 cm³/mol. The quantitative estimate of drug-likeness (QED) is 0.350. The summed E-state index contributed by atoms with van der Waals surface area (Å²) in [4.78, 5) is 8.25. The summed E-state index contributed by atoms with van der Waals surface area (Å²) >= 11 is 0. The summed E-state index contributed by atoms with van der Waals surface area (Å²) in [6.45, 7) is 0. The SMILES string of the molecule is O=[N+]([O-])[O-].[Ag+].[Gd]. The molecule has 0 saturated carbocycles. The summed E-state index contributed by atoms with van der Waals surface area (Å²) < 4.78 is 0. The van der Waals surface area contributed by atoms with Crippen LogP contribution in [0.3, 0.4) is 0 Å². The molecule has 0 aromatic heterocycles. The van der Waals surface area contributed by atoms with Gasteiger partial charge in [-0.2, -0.15) is 0 Å². The van der Waals surface area contributed by atoms with Crippen LogP contribution in [-0.4, -0.2) is 5.09 Å². The molecule has 0 amide bonds. The van der Waals surface area contributed by atoms with Crippen molar-refractivity contribution in [3.8, 4) is 0 Å². The summed E-state index contributed by atoms with van der Waals surface area (Å²) in [7, 11) is 0. The molecule has 0 atom stereocenters. The zero-order valence-corrected chi connectivity index (χ0v) is 6.08. The third kappa shape index (κ3) is 59.9. The summed E-state index contributed by atoms with van der Waals surface area (Å²) in [6.07, 6.45) is 0. The van der Waals surface area contributed by atoms with E-state index in [0.717, 1.165) is 0 Å². The monoisotopic (exact) mass is 327 g/mol. The standard InChI is InChI=1S/Ag.Gd.NO3/c;;2-1(3)4/q+1;;-1. The van der Waals surface area contributed by atoms with Crippen LogP contribution in [0.15, 0.2) is 0 Å². The third-order valence-electron chi connectivity index (χ3n) is 0. The second-order valence-corrected chi connectivity index (χ2v) is 0.224. The van der Waals surface area contributed by atoms with E-state index in [1.807, 2.05) is 0 Å². The normalized spacial score (nSPS) is 4.00. The van der Waals surface area contributed by atoms with Crippen molar-refractivity contribution in [2.45, 2.75) is 0 Å². The first-order valence-corrected chi connectivity index (χ1v) is 0.548. The van der Waals surface area contributed by atoms with Gasteiger partial charge >= 0.3 is 22.4 Å². The van der Waals surface area contributed by atoms with Crippen LogP contribution in [0.2, 0.25) is 0 Å². The van der Waals surface area contributed by atoms with E-state index in [-0.39, 0.29) is 62.3 Å². The molecule has 6 heavy (non-hydrogen) atoms. The van der Waals surface area contributed by atoms with Gasteiger partial charge in [-0.15, -0.1) is 0 Å². The fourth-order valence-electron chi connectivity index (χ4n) is 0. The fraction of sp³-hybridized carbons (Fsp3) is 0. The maximum Gasteiger partial charge on any atom is 1.00 e. The number of rotatable bonds is 0. The molecule has 0 heterocycles. The zero-order valence-electron chi connectivity index (χ0n) is 2.33. The first-order valence-electron chi connectivity index (χ1n) is 0.548. The molecule has 0 bridgehead atoms. The van der Waals surface area contributed by atoms with Gasteiger partial charge in [0.1, 0.15) is 0 Å². The molecular weight excluding hydrogens is 327 g/mol. The minimum Gasteiger partial charge on any atom is -0.356 e. The van der Waals surface area contributed by atoms with Crippen molar-refractivity contribution < 1.29 is 67.4 Å². The van der Waals surface area contributed by atoms with Crippen LogP contribution < -0.4 is 0 Å². The molecule has 0 N–H and O–H groups in total. The summed E-state index contributed by atoms with van der Waals surface area (Å²) in [5, 5.41) is 14.8. The fourth-order valence-corrected chi connectivity index (χ4v) is 0. The molecule has 0 fully saturated rings. The summed E-state index contributed by atoms with van der Waals surface area (Å²) in [6, 6.07) is 0. The van der Waals surface area contributed by atoms with Crippen LogP contribution >= 0.6 is 0 Å². The van der Waals surface area contributed by atoms with E-state index in [0.29, 0.717) is 0 Å². The van der Waals surface area contributed by atoms with Gasteiger partial charge in [0.15, 0.2) is 0 Å². The van der Waals surface area contributed by atoms with Gasteiger partial charge in [-0.25, -0.2) is 0 Å². The Labute approximate surface area is 81.6 Å². The minimum atomic E-state index is -1.75. The van der Waals surface area contributed by atoms with Crippen molar-refractivity contribution in [1.82, 2.24) is 0 Å². The van der Waals surface area contributed by atoms with Crippen molar-refractivity contribution in [3.63, 3.8) is 0 Å². The van der Waals surface area contributed by atoms with Gasteiger partial charge in [0, 0.05) is 39.9 Å². The molecule has 0 aromatic rings. The summed E-state index contributed by atoms with van der Waals surface area (Å²) in [5.74, 6) is 0. The Balaban J connectivity index is -0.0000000450. The molecule has 6 heteroatoms. The first-order chi connectivity index (χ1) is 1.73. The number of hydrogen-bond acceptors (Lipinski definition) is 3. The van der Waals surface area contributed by atoms with Crippen molar-refractivity contribution in [2.75, 3.05) is 0 Å². The maximum atomic E-state index is 8.25. The van der Waals surface area contributed by atoms with Crippen LogP contribution in [-0.2, 0) is 22.4 Å². The van der Waals surface area contributed by atoms with E-state index in [1.54, 1.807) is 0 Å². The van der Waals surface area contributed by atoms with Crippen molar-refractivity contribution >= 4 is 0 Å². The van der Waals surface area contributed by atoms with E-state index in [2.05, 4.69) is 0 Å². The summed E-state index contributed by atoms with van der Waals surface area (Å²) in [5.41, 5.74) is 0. The van der Waals surface area contributed by atoms with Crippen LogP contribution in [0.5, 0.6) is 0 Å². The van der Waals surface area contributed by atoms with Gasteiger partial charge in [0.2, 0.25) is 0 Å². The largest absolute Gasteiger partial charge is 1.00 e. The Bertz CT molecular complexity index is 33.8. The van der Waals surface area contributed by atoms with Gasteiger partial charge in [-0.3, -0.25) is 0 Å². The van der Waals surface area contributed by atoms with Crippen molar-refractivity contribution in [2.24, 2.45) is 0 Å². The van der Waals surface area contributed by atoms with Gasteiger partial charge in [0.25, 0.3) is 0 Å². The van der Waals surface area contributed by atoms with Gasteiger partial charge < -0.3 is 15.3 Å². The molecular formula is AgGdNO3. The van der Waals surface area contributed by atoms with Crippen molar-refractivity contribution in [3.05, 3.63) is 15.3 Å². The van der Waals surface area contributed by atoms with Gasteiger partial charge in [0.05, 0.1) is 5.09 Å². The van der Waals surface area contributed by atoms with E-state index in [4.69, 9.17) is 15.3 Å². The zero-order chi connectivity index (χ0) is 3.58. The number of hydrogen-bond donors (Lipinski definition) is 0. The molecule has 0 radical (unpaired) electrons. The smallest absolute Gasteiger partial charge is 0.356 e. The predicted octanol–water partition coefficient (Wildman–Crippen LogP) is -0.242. The van der Waals surface area contributed by atoms with E-state index < -0.39 is 5.09 Å².